The van der Waals surface area contributed by atoms with Crippen LogP contribution in [0.1, 0.15) is 15.9 Å². The summed E-state index contributed by atoms with van der Waals surface area (Å²) in [6.45, 7) is 0.573. The van der Waals surface area contributed by atoms with Gasteiger partial charge < -0.3 is 11.1 Å². The Morgan fingerprint density at radius 1 is 1.26 bits per heavy atom. The van der Waals surface area contributed by atoms with Gasteiger partial charge in [-0.2, -0.15) is 0 Å². The molecule has 0 spiro atoms. The molecule has 1 amide bonds. The van der Waals surface area contributed by atoms with Gasteiger partial charge in [0.1, 0.15) is 5.82 Å². The number of hydrogen-bond donors (Lipinski definition) is 2. The number of anilines is 1. The minimum absolute atomic E-state index is 0.112. The van der Waals surface area contributed by atoms with Crippen LogP contribution in [-0.2, 0) is 6.54 Å². The van der Waals surface area contributed by atoms with Crippen molar-refractivity contribution in [3.8, 4) is 0 Å². The van der Waals surface area contributed by atoms with Crippen LogP contribution < -0.4 is 11.1 Å². The highest BCUT2D eigenvalue weighted by Crippen LogP contribution is 2.17. The van der Waals surface area contributed by atoms with Gasteiger partial charge in [-0.05, 0) is 35.9 Å². The van der Waals surface area contributed by atoms with Gasteiger partial charge in [0.2, 0.25) is 0 Å². The first-order valence-electron chi connectivity index (χ1n) is 5.64. The molecule has 2 aromatic carbocycles. The molecule has 0 aromatic heterocycles. The number of nitrogens with two attached hydrogens (primary N) is 1. The molecule has 0 unspecified atom stereocenters. The molecule has 98 valence electrons. The van der Waals surface area contributed by atoms with E-state index in [0.717, 1.165) is 10.0 Å². The van der Waals surface area contributed by atoms with E-state index in [-0.39, 0.29) is 5.56 Å². The van der Waals surface area contributed by atoms with E-state index in [1.165, 1.54) is 12.1 Å². The molecule has 0 saturated carbocycles. The second-order valence-electron chi connectivity index (χ2n) is 4.04. The van der Waals surface area contributed by atoms with E-state index in [0.29, 0.717) is 12.2 Å². The van der Waals surface area contributed by atoms with E-state index in [1.807, 2.05) is 24.3 Å². The average Bonchev–Trinajstić information content (AvgIpc) is 2.37. The first-order valence-corrected chi connectivity index (χ1v) is 6.43. The highest BCUT2D eigenvalue weighted by molar-refractivity contribution is 9.10. The van der Waals surface area contributed by atoms with Crippen molar-refractivity contribution in [2.75, 3.05) is 5.32 Å². The summed E-state index contributed by atoms with van der Waals surface area (Å²) in [5, 5.41) is 3.12. The Morgan fingerprint density at radius 3 is 2.74 bits per heavy atom. The van der Waals surface area contributed by atoms with Crippen LogP contribution in [-0.4, -0.2) is 5.91 Å². The summed E-state index contributed by atoms with van der Waals surface area (Å²) >= 11 is 3.39. The minimum Gasteiger partial charge on any atom is -0.381 e. The second kappa shape index (κ2) is 5.84. The Morgan fingerprint density at radius 2 is 2.05 bits per heavy atom. The van der Waals surface area contributed by atoms with Gasteiger partial charge >= 0.3 is 0 Å². The summed E-state index contributed by atoms with van der Waals surface area (Å²) in [7, 11) is 0. The number of amides is 1. The zero-order valence-electron chi connectivity index (χ0n) is 9.99. The number of primary amides is 1. The van der Waals surface area contributed by atoms with Crippen molar-refractivity contribution < 1.29 is 9.18 Å². The van der Waals surface area contributed by atoms with Crippen LogP contribution in [0.3, 0.4) is 0 Å². The van der Waals surface area contributed by atoms with E-state index >= 15 is 0 Å². The lowest BCUT2D eigenvalue weighted by molar-refractivity contribution is 0.0996. The minimum atomic E-state index is -0.774. The van der Waals surface area contributed by atoms with Gasteiger partial charge in [-0.3, -0.25) is 4.79 Å². The molecular formula is C14H12BrFN2O. The quantitative estimate of drug-likeness (QED) is 0.907. The fourth-order valence-electron chi connectivity index (χ4n) is 1.68. The van der Waals surface area contributed by atoms with E-state index in [1.54, 1.807) is 6.07 Å². The average molecular weight is 323 g/mol. The molecule has 0 aliphatic carbocycles. The second-order valence-corrected chi connectivity index (χ2v) is 4.96. The Balaban J connectivity index is 2.12. The highest BCUT2D eigenvalue weighted by Gasteiger charge is 2.08. The third-order valence-electron chi connectivity index (χ3n) is 2.62. The van der Waals surface area contributed by atoms with Crippen molar-refractivity contribution in [1.82, 2.24) is 0 Å². The van der Waals surface area contributed by atoms with E-state index in [2.05, 4.69) is 21.2 Å². The summed E-state index contributed by atoms with van der Waals surface area (Å²) < 4.78 is 14.3. The van der Waals surface area contributed by atoms with E-state index < -0.39 is 11.7 Å². The molecule has 0 saturated heterocycles. The van der Waals surface area contributed by atoms with Gasteiger partial charge in [0.05, 0.1) is 5.56 Å². The Hall–Kier alpha value is -1.88. The molecule has 5 heteroatoms. The van der Waals surface area contributed by atoms with Crippen LogP contribution in [0.2, 0.25) is 0 Å². The maximum absolute atomic E-state index is 13.3. The molecular weight excluding hydrogens is 311 g/mol. The summed E-state index contributed by atoms with van der Waals surface area (Å²) in [5.74, 6) is -1.39. The van der Waals surface area contributed by atoms with Gasteiger partial charge in [0.15, 0.2) is 0 Å². The van der Waals surface area contributed by atoms with Crippen molar-refractivity contribution in [1.29, 1.82) is 0 Å². The number of hydrogen-bond acceptors (Lipinski definition) is 2. The van der Waals surface area contributed by atoms with Crippen LogP contribution in [0.4, 0.5) is 10.1 Å². The van der Waals surface area contributed by atoms with Gasteiger partial charge in [-0.25, -0.2) is 4.39 Å². The molecule has 2 aromatic rings. The van der Waals surface area contributed by atoms with Crippen molar-refractivity contribution in [3.05, 3.63) is 63.9 Å². The lowest BCUT2D eigenvalue weighted by Crippen LogP contribution is -2.13. The van der Waals surface area contributed by atoms with Gasteiger partial charge in [-0.15, -0.1) is 0 Å². The SMILES string of the molecule is NC(=O)c1cc(NCc2cccc(Br)c2)ccc1F. The van der Waals surface area contributed by atoms with Gasteiger partial charge in [0, 0.05) is 16.7 Å². The zero-order valence-corrected chi connectivity index (χ0v) is 11.6. The molecule has 19 heavy (non-hydrogen) atoms. The predicted molar refractivity (Wildman–Crippen MR) is 76.4 cm³/mol. The molecule has 3 nitrogen and oxygen atoms in total. The van der Waals surface area contributed by atoms with Crippen molar-refractivity contribution in [2.45, 2.75) is 6.54 Å². The lowest BCUT2D eigenvalue weighted by Gasteiger charge is -2.08. The van der Waals surface area contributed by atoms with E-state index in [4.69, 9.17) is 5.73 Å². The number of rotatable bonds is 4. The topological polar surface area (TPSA) is 55.1 Å². The molecule has 3 N–H and O–H groups in total. The maximum atomic E-state index is 13.3. The fourth-order valence-corrected chi connectivity index (χ4v) is 2.12. The van der Waals surface area contributed by atoms with Crippen LogP contribution in [0, 0.1) is 5.82 Å². The molecule has 0 aliphatic rings. The molecule has 0 aliphatic heterocycles. The number of nitrogens with one attached hydrogen (secondary N) is 1. The summed E-state index contributed by atoms with van der Waals surface area (Å²) in [4.78, 5) is 11.0. The van der Waals surface area contributed by atoms with Gasteiger partial charge in [0.25, 0.3) is 5.91 Å². The normalized spacial score (nSPS) is 10.2. The third kappa shape index (κ3) is 3.54. The summed E-state index contributed by atoms with van der Waals surface area (Å²) in [6.07, 6.45) is 0. The monoisotopic (exact) mass is 322 g/mol. The molecule has 0 heterocycles. The molecule has 0 radical (unpaired) electrons. The Kier molecular flexibility index (Phi) is 4.16. The predicted octanol–water partition coefficient (Wildman–Crippen LogP) is 3.30. The summed E-state index contributed by atoms with van der Waals surface area (Å²) in [6, 6.07) is 12.0. The van der Waals surface area contributed by atoms with E-state index in [9.17, 15) is 9.18 Å². The Labute approximate surface area is 118 Å². The Bertz CT molecular complexity index is 616. The highest BCUT2D eigenvalue weighted by atomic mass is 79.9. The van der Waals surface area contributed by atoms with Crippen molar-refractivity contribution in [2.24, 2.45) is 5.73 Å². The number of carbonyl (C=O) groups is 1. The van der Waals surface area contributed by atoms with Gasteiger partial charge in [-0.1, -0.05) is 28.1 Å². The van der Waals surface area contributed by atoms with Crippen LogP contribution in [0.5, 0.6) is 0 Å². The number of carbonyl (C=O) groups excluding carboxylic acids is 1. The maximum Gasteiger partial charge on any atom is 0.251 e. The number of benzene rings is 2. The largest absolute Gasteiger partial charge is 0.381 e. The molecule has 0 atom stereocenters. The van der Waals surface area contributed by atoms with Crippen LogP contribution in [0.25, 0.3) is 0 Å². The van der Waals surface area contributed by atoms with Crippen LogP contribution >= 0.6 is 15.9 Å². The first-order chi connectivity index (χ1) is 9.06. The third-order valence-corrected chi connectivity index (χ3v) is 3.11. The fraction of sp³-hybridized carbons (Fsp3) is 0.0714. The molecule has 0 bridgehead atoms. The zero-order chi connectivity index (χ0) is 13.8. The smallest absolute Gasteiger partial charge is 0.251 e. The first kappa shape index (κ1) is 13.5. The van der Waals surface area contributed by atoms with Crippen molar-refractivity contribution >= 4 is 27.5 Å². The lowest BCUT2D eigenvalue weighted by atomic mass is 10.1. The molecule has 2 rings (SSSR count). The molecule has 0 fully saturated rings. The standard InChI is InChI=1S/C14H12BrFN2O/c15-10-3-1-2-9(6-10)8-18-11-4-5-13(16)12(7-11)14(17)19/h1-7,18H,8H2,(H2,17,19). The van der Waals surface area contributed by atoms with Crippen LogP contribution in [0.15, 0.2) is 46.9 Å². The number of halogens is 2. The summed E-state index contributed by atoms with van der Waals surface area (Å²) in [5.41, 5.74) is 6.70. The van der Waals surface area contributed by atoms with Crippen molar-refractivity contribution in [3.63, 3.8) is 0 Å².